The minimum Gasteiger partial charge on any atom is -0.455 e. The Morgan fingerprint density at radius 1 is 0.500 bits per heavy atom. The minimum absolute atomic E-state index is 0.927. The zero-order chi connectivity index (χ0) is 22.2. The molecule has 8 rings (SSSR count). The van der Waals surface area contributed by atoms with Crippen LogP contribution in [0.15, 0.2) is 114 Å². The molecule has 0 fully saturated rings. The number of nitrogens with one attached hydrogen (secondary N) is 1. The van der Waals surface area contributed by atoms with Crippen LogP contribution in [-0.4, -0.2) is 4.98 Å². The zero-order valence-electron chi connectivity index (χ0n) is 18.3. The first-order valence-electron chi connectivity index (χ1n) is 11.6. The van der Waals surface area contributed by atoms with E-state index in [1.165, 1.54) is 37.7 Å². The summed E-state index contributed by atoms with van der Waals surface area (Å²) in [4.78, 5) is 3.72. The Bertz CT molecular complexity index is 2070. The van der Waals surface area contributed by atoms with E-state index in [0.717, 1.165) is 38.7 Å². The predicted molar refractivity (Wildman–Crippen MR) is 144 cm³/mol. The van der Waals surface area contributed by atoms with Gasteiger partial charge in [0.2, 0.25) is 0 Å². The molecule has 1 N–H and O–H groups in total. The number of hydrogen-bond donors (Lipinski definition) is 1. The van der Waals surface area contributed by atoms with Crippen LogP contribution in [-0.2, 0) is 0 Å². The smallest absolute Gasteiger partial charge is 0.143 e. The molecule has 0 unspecified atom stereocenters. The van der Waals surface area contributed by atoms with Gasteiger partial charge in [0.25, 0.3) is 0 Å². The van der Waals surface area contributed by atoms with E-state index >= 15 is 0 Å². The lowest BCUT2D eigenvalue weighted by Crippen LogP contribution is -1.81. The van der Waals surface area contributed by atoms with Crippen molar-refractivity contribution in [2.24, 2.45) is 0 Å². The molecule has 6 aromatic carbocycles. The van der Waals surface area contributed by atoms with Crippen molar-refractivity contribution in [3.63, 3.8) is 0 Å². The van der Waals surface area contributed by atoms with Crippen LogP contribution >= 0.6 is 0 Å². The van der Waals surface area contributed by atoms with Crippen LogP contribution < -0.4 is 0 Å². The van der Waals surface area contributed by atoms with E-state index in [0.29, 0.717) is 0 Å². The highest BCUT2D eigenvalue weighted by Crippen LogP contribution is 2.42. The van der Waals surface area contributed by atoms with E-state index in [4.69, 9.17) is 4.42 Å². The van der Waals surface area contributed by atoms with Crippen LogP contribution in [0.1, 0.15) is 0 Å². The molecule has 2 nitrogen and oxygen atoms in total. The van der Waals surface area contributed by atoms with Crippen molar-refractivity contribution in [2.75, 3.05) is 0 Å². The second-order valence-corrected chi connectivity index (χ2v) is 9.04. The Morgan fingerprint density at radius 3 is 2.09 bits per heavy atom. The number of benzene rings is 6. The summed E-state index contributed by atoms with van der Waals surface area (Å²) in [7, 11) is 0. The van der Waals surface area contributed by atoms with E-state index in [1.807, 2.05) is 0 Å². The van der Waals surface area contributed by atoms with E-state index in [2.05, 4.69) is 114 Å². The lowest BCUT2D eigenvalue weighted by atomic mass is 9.98. The number of H-pyrrole nitrogens is 1. The third-order valence-electron chi connectivity index (χ3n) is 7.18. The fraction of sp³-hybridized carbons (Fsp3) is 0. The molecule has 0 aliphatic rings. The molecule has 2 heterocycles. The molecule has 34 heavy (non-hydrogen) atoms. The number of fused-ring (bicyclic) bond motifs is 9. The highest BCUT2D eigenvalue weighted by Gasteiger charge is 2.17. The fourth-order valence-corrected chi connectivity index (χ4v) is 5.62. The Labute approximate surface area is 195 Å². The molecule has 8 aromatic rings. The third-order valence-corrected chi connectivity index (χ3v) is 7.18. The van der Waals surface area contributed by atoms with Gasteiger partial charge < -0.3 is 9.40 Å². The van der Waals surface area contributed by atoms with Gasteiger partial charge in [0, 0.05) is 38.2 Å². The largest absolute Gasteiger partial charge is 0.455 e. The van der Waals surface area contributed by atoms with Gasteiger partial charge >= 0.3 is 0 Å². The first-order chi connectivity index (χ1) is 16.8. The summed E-state index contributed by atoms with van der Waals surface area (Å²) in [5.41, 5.74) is 6.43. The van der Waals surface area contributed by atoms with E-state index in [-0.39, 0.29) is 0 Å². The Morgan fingerprint density at radius 2 is 1.21 bits per heavy atom. The Kier molecular flexibility index (Phi) is 3.42. The average molecular weight is 434 g/mol. The minimum atomic E-state index is 0.927. The maximum atomic E-state index is 6.52. The molecule has 0 amide bonds. The first-order valence-corrected chi connectivity index (χ1v) is 11.6. The quantitative estimate of drug-likeness (QED) is 0.275. The summed E-state index contributed by atoms with van der Waals surface area (Å²) in [6.45, 7) is 0. The number of furan rings is 1. The average Bonchev–Trinajstić information content (AvgIpc) is 3.45. The lowest BCUT2D eigenvalue weighted by molar-refractivity contribution is 0.670. The number of para-hydroxylation sites is 2. The fourth-order valence-electron chi connectivity index (χ4n) is 5.62. The molecule has 0 aliphatic carbocycles. The van der Waals surface area contributed by atoms with Crippen LogP contribution in [0.3, 0.4) is 0 Å². The standard InChI is InChI=1S/C32H19NO/c1-2-9-21-18-28-27(17-20(21)8-1)24-12-5-11-23(31(24)33-28)25-13-6-14-26-30-22-10-4-3-7-19(22)15-16-29(30)34-32(25)26/h1-18,33H. The molecular formula is C32H19NO. The highest BCUT2D eigenvalue weighted by atomic mass is 16.3. The van der Waals surface area contributed by atoms with Gasteiger partial charge in [-0.3, -0.25) is 0 Å². The van der Waals surface area contributed by atoms with Gasteiger partial charge in [0.1, 0.15) is 11.2 Å². The van der Waals surface area contributed by atoms with Crippen LogP contribution in [0.4, 0.5) is 0 Å². The first kappa shape index (κ1) is 17.9. The molecule has 0 atom stereocenters. The van der Waals surface area contributed by atoms with Crippen molar-refractivity contribution in [2.45, 2.75) is 0 Å². The Hall–Kier alpha value is -4.56. The molecule has 0 aliphatic heterocycles. The molecule has 2 aromatic heterocycles. The summed E-state index contributed by atoms with van der Waals surface area (Å²) in [6, 6.07) is 38.9. The van der Waals surface area contributed by atoms with Crippen LogP contribution in [0.5, 0.6) is 0 Å². The summed E-state index contributed by atoms with van der Waals surface area (Å²) >= 11 is 0. The number of aromatic nitrogens is 1. The lowest BCUT2D eigenvalue weighted by Gasteiger charge is -2.05. The second-order valence-electron chi connectivity index (χ2n) is 9.04. The van der Waals surface area contributed by atoms with Gasteiger partial charge in [-0.2, -0.15) is 0 Å². The molecule has 0 spiro atoms. The molecule has 0 saturated carbocycles. The maximum absolute atomic E-state index is 6.52. The highest BCUT2D eigenvalue weighted by molar-refractivity contribution is 6.22. The Balaban J connectivity index is 1.47. The van der Waals surface area contributed by atoms with Crippen molar-refractivity contribution in [3.8, 4) is 11.1 Å². The van der Waals surface area contributed by atoms with Gasteiger partial charge in [-0.05, 0) is 39.7 Å². The summed E-state index contributed by atoms with van der Waals surface area (Å²) in [5, 5.41) is 9.78. The monoisotopic (exact) mass is 433 g/mol. The van der Waals surface area contributed by atoms with E-state index in [1.54, 1.807) is 0 Å². The molecule has 0 bridgehead atoms. The van der Waals surface area contributed by atoms with Gasteiger partial charge in [-0.25, -0.2) is 0 Å². The van der Waals surface area contributed by atoms with Crippen molar-refractivity contribution in [1.29, 1.82) is 0 Å². The predicted octanol–water partition coefficient (Wildman–Crippen LogP) is 9.19. The van der Waals surface area contributed by atoms with Crippen molar-refractivity contribution < 1.29 is 4.42 Å². The van der Waals surface area contributed by atoms with E-state index < -0.39 is 0 Å². The topological polar surface area (TPSA) is 28.9 Å². The van der Waals surface area contributed by atoms with Crippen molar-refractivity contribution in [1.82, 2.24) is 4.98 Å². The number of rotatable bonds is 1. The molecular weight excluding hydrogens is 414 g/mol. The van der Waals surface area contributed by atoms with Gasteiger partial charge in [0.05, 0.1) is 5.52 Å². The van der Waals surface area contributed by atoms with Gasteiger partial charge in [-0.1, -0.05) is 91.0 Å². The number of aromatic amines is 1. The third kappa shape index (κ3) is 2.35. The normalized spacial score (nSPS) is 12.1. The summed E-state index contributed by atoms with van der Waals surface area (Å²) < 4.78 is 6.52. The zero-order valence-corrected chi connectivity index (χ0v) is 18.3. The molecule has 2 heteroatoms. The molecule has 0 saturated heterocycles. The van der Waals surface area contributed by atoms with Gasteiger partial charge in [-0.15, -0.1) is 0 Å². The van der Waals surface area contributed by atoms with Crippen LogP contribution in [0.2, 0.25) is 0 Å². The summed E-state index contributed by atoms with van der Waals surface area (Å²) in [6.07, 6.45) is 0. The number of hydrogen-bond acceptors (Lipinski definition) is 1. The molecule has 158 valence electrons. The van der Waals surface area contributed by atoms with Crippen molar-refractivity contribution in [3.05, 3.63) is 109 Å². The van der Waals surface area contributed by atoms with E-state index in [9.17, 15) is 0 Å². The maximum Gasteiger partial charge on any atom is 0.143 e. The van der Waals surface area contributed by atoms with Crippen molar-refractivity contribution >= 4 is 65.3 Å². The summed E-state index contributed by atoms with van der Waals surface area (Å²) in [5.74, 6) is 0. The van der Waals surface area contributed by atoms with Gasteiger partial charge in [0.15, 0.2) is 0 Å². The second kappa shape index (κ2) is 6.49. The SMILES string of the molecule is c1ccc2cc3c(cc2c1)[nH]c1c(-c2cccc4c2oc2ccc5ccccc5c24)cccc13. The molecule has 0 radical (unpaired) electrons. The van der Waals surface area contributed by atoms with Crippen LogP contribution in [0, 0.1) is 0 Å². The van der Waals surface area contributed by atoms with Crippen LogP contribution in [0.25, 0.3) is 76.4 Å².